The third-order valence-corrected chi connectivity index (χ3v) is 4.90. The maximum Gasteiger partial charge on any atom is 0.135 e. The lowest BCUT2D eigenvalue weighted by Gasteiger charge is -2.26. The van der Waals surface area contributed by atoms with Gasteiger partial charge in [0.2, 0.25) is 0 Å². The van der Waals surface area contributed by atoms with Crippen molar-refractivity contribution in [2.24, 2.45) is 4.99 Å². The minimum absolute atomic E-state index is 0.0911. The van der Waals surface area contributed by atoms with E-state index in [-0.39, 0.29) is 6.04 Å². The van der Waals surface area contributed by atoms with Gasteiger partial charge in [-0.2, -0.15) is 0 Å². The van der Waals surface area contributed by atoms with E-state index in [0.717, 1.165) is 12.1 Å². The number of likely N-dealkylation sites (N-methyl/N-ethyl adjacent to an activating group) is 1. The zero-order valence-corrected chi connectivity index (χ0v) is 14.4. The zero-order valence-electron chi connectivity index (χ0n) is 13.6. The number of nitrogens with zero attached hydrogens (tertiary/aromatic N) is 2. The summed E-state index contributed by atoms with van der Waals surface area (Å²) in [7, 11) is 1.91. The fraction of sp³-hybridized carbons (Fsp3) is 0.444. The molecule has 23 heavy (non-hydrogen) atoms. The minimum atomic E-state index is 0.0911. The van der Waals surface area contributed by atoms with Gasteiger partial charge >= 0.3 is 0 Å². The van der Waals surface area contributed by atoms with Crippen molar-refractivity contribution in [2.45, 2.75) is 44.7 Å². The molecule has 1 unspecified atom stereocenters. The van der Waals surface area contributed by atoms with Crippen molar-refractivity contribution in [1.82, 2.24) is 15.6 Å². The highest BCUT2D eigenvalue weighted by atomic mass is 35.5. The van der Waals surface area contributed by atoms with Crippen molar-refractivity contribution in [1.29, 1.82) is 0 Å². The first-order chi connectivity index (χ1) is 11.2. The topological polar surface area (TPSA) is 49.3 Å². The number of hydrogen-bond acceptors (Lipinski definition) is 4. The van der Waals surface area contributed by atoms with Crippen LogP contribution >= 0.6 is 11.6 Å². The first-order valence-electron chi connectivity index (χ1n) is 8.15. The lowest BCUT2D eigenvalue weighted by molar-refractivity contribution is 0.409. The van der Waals surface area contributed by atoms with Crippen LogP contribution in [0.25, 0.3) is 0 Å². The molecule has 2 N–H and O–H groups in total. The van der Waals surface area contributed by atoms with Gasteiger partial charge in [0.1, 0.15) is 5.17 Å². The quantitative estimate of drug-likeness (QED) is 0.870. The molecule has 1 aliphatic heterocycles. The zero-order chi connectivity index (χ0) is 16.2. The van der Waals surface area contributed by atoms with E-state index in [4.69, 9.17) is 11.6 Å². The summed E-state index contributed by atoms with van der Waals surface area (Å²) >= 11 is 6.18. The summed E-state index contributed by atoms with van der Waals surface area (Å²) in [4.78, 5) is 8.81. The molecule has 0 bridgehead atoms. The molecule has 0 radical (unpaired) electrons. The minimum Gasteiger partial charge on any atom is -0.386 e. The van der Waals surface area contributed by atoms with Gasteiger partial charge < -0.3 is 10.6 Å². The third kappa shape index (κ3) is 3.65. The van der Waals surface area contributed by atoms with E-state index in [2.05, 4.69) is 33.6 Å². The Labute approximate surface area is 142 Å². The maximum absolute atomic E-state index is 6.18. The van der Waals surface area contributed by atoms with E-state index < -0.39 is 0 Å². The molecule has 5 heteroatoms. The second-order valence-electron chi connectivity index (χ2n) is 6.18. The van der Waals surface area contributed by atoms with E-state index >= 15 is 0 Å². The standard InChI is InChI=1S/C18H23ClN4/c1-12-8-13(10-23-17(12)14-4-3-5-14)9-21-11-15-16(20-2)6-7-22-18(15)19/h6-8,10-11,14,16,20-21H,3-5,9H2,1-2H3/b15-11+. The first kappa shape index (κ1) is 16.2. The molecular weight excluding hydrogens is 308 g/mol. The molecule has 0 aromatic carbocycles. The van der Waals surface area contributed by atoms with Crippen LogP contribution in [0.3, 0.4) is 0 Å². The maximum atomic E-state index is 6.18. The lowest BCUT2D eigenvalue weighted by atomic mass is 9.81. The first-order valence-corrected chi connectivity index (χ1v) is 8.53. The van der Waals surface area contributed by atoms with Crippen LogP contribution in [0.5, 0.6) is 0 Å². The molecule has 0 spiro atoms. The van der Waals surface area contributed by atoms with Crippen molar-refractivity contribution in [3.05, 3.63) is 53.1 Å². The number of halogens is 1. The van der Waals surface area contributed by atoms with Crippen molar-refractivity contribution in [2.75, 3.05) is 7.05 Å². The van der Waals surface area contributed by atoms with Gasteiger partial charge in [0.25, 0.3) is 0 Å². The van der Waals surface area contributed by atoms with E-state index in [1.54, 1.807) is 6.20 Å². The number of nitrogens with one attached hydrogen (secondary N) is 2. The van der Waals surface area contributed by atoms with Crippen molar-refractivity contribution < 1.29 is 0 Å². The lowest BCUT2D eigenvalue weighted by Crippen LogP contribution is -2.30. The summed E-state index contributed by atoms with van der Waals surface area (Å²) in [6, 6.07) is 2.33. The number of rotatable bonds is 5. The van der Waals surface area contributed by atoms with Crippen LogP contribution in [0.2, 0.25) is 0 Å². The summed E-state index contributed by atoms with van der Waals surface area (Å²) in [6.07, 6.45) is 11.5. The van der Waals surface area contributed by atoms with Crippen molar-refractivity contribution >= 4 is 16.8 Å². The number of hydrogen-bond donors (Lipinski definition) is 2. The van der Waals surface area contributed by atoms with Gasteiger partial charge in [-0.1, -0.05) is 24.1 Å². The summed E-state index contributed by atoms with van der Waals surface area (Å²) in [5.74, 6) is 0.680. The molecule has 1 aromatic rings. The average molecular weight is 331 g/mol. The molecule has 122 valence electrons. The largest absolute Gasteiger partial charge is 0.386 e. The van der Waals surface area contributed by atoms with E-state index in [1.165, 1.54) is 36.1 Å². The molecular formula is C18H23ClN4. The van der Waals surface area contributed by atoms with Gasteiger partial charge in [0.05, 0.1) is 6.04 Å². The molecule has 1 saturated carbocycles. The molecule has 3 rings (SSSR count). The van der Waals surface area contributed by atoms with Crippen LogP contribution in [0.4, 0.5) is 0 Å². The fourth-order valence-electron chi connectivity index (χ4n) is 3.03. The predicted octanol–water partition coefficient (Wildman–Crippen LogP) is 3.38. The Balaban J connectivity index is 1.64. The molecule has 4 nitrogen and oxygen atoms in total. The summed E-state index contributed by atoms with van der Waals surface area (Å²) < 4.78 is 0. The third-order valence-electron chi connectivity index (χ3n) is 4.58. The van der Waals surface area contributed by atoms with Crippen LogP contribution in [0.15, 0.2) is 41.3 Å². The molecule has 0 saturated heterocycles. The fourth-order valence-corrected chi connectivity index (χ4v) is 3.26. The smallest absolute Gasteiger partial charge is 0.135 e. The summed E-state index contributed by atoms with van der Waals surface area (Å²) in [6.45, 7) is 2.89. The summed E-state index contributed by atoms with van der Waals surface area (Å²) in [5, 5.41) is 7.05. The van der Waals surface area contributed by atoms with Gasteiger partial charge in [-0.3, -0.25) is 4.98 Å². The highest BCUT2D eigenvalue weighted by Gasteiger charge is 2.22. The van der Waals surface area contributed by atoms with Crippen LogP contribution in [-0.2, 0) is 6.54 Å². The molecule has 1 aliphatic carbocycles. The average Bonchev–Trinajstić information content (AvgIpc) is 2.49. The van der Waals surface area contributed by atoms with Gasteiger partial charge in [-0.15, -0.1) is 0 Å². The molecule has 1 aromatic heterocycles. The molecule has 0 amide bonds. The van der Waals surface area contributed by atoms with Crippen molar-refractivity contribution in [3.8, 4) is 0 Å². The Kier molecular flexibility index (Phi) is 5.13. The number of aliphatic imine (C=N–C) groups is 1. The Bertz CT molecular complexity index is 659. The van der Waals surface area contributed by atoms with Gasteiger partial charge in [-0.05, 0) is 44.0 Å². The second-order valence-corrected chi connectivity index (χ2v) is 6.54. The Morgan fingerprint density at radius 2 is 2.22 bits per heavy atom. The Hall–Kier alpha value is -1.65. The highest BCUT2D eigenvalue weighted by molar-refractivity contribution is 6.70. The van der Waals surface area contributed by atoms with Gasteiger partial charge in [0.15, 0.2) is 0 Å². The van der Waals surface area contributed by atoms with Gasteiger partial charge in [0, 0.05) is 42.3 Å². The predicted molar refractivity (Wildman–Crippen MR) is 95.8 cm³/mol. The van der Waals surface area contributed by atoms with E-state index in [1.807, 2.05) is 25.5 Å². The number of pyridine rings is 1. The van der Waals surface area contributed by atoms with Crippen LogP contribution in [0.1, 0.15) is 42.0 Å². The Morgan fingerprint density at radius 3 is 2.87 bits per heavy atom. The van der Waals surface area contributed by atoms with E-state index in [0.29, 0.717) is 11.1 Å². The normalized spacial score (nSPS) is 22.8. The monoisotopic (exact) mass is 330 g/mol. The van der Waals surface area contributed by atoms with Crippen LogP contribution in [-0.4, -0.2) is 23.2 Å². The van der Waals surface area contributed by atoms with Gasteiger partial charge in [-0.25, -0.2) is 4.99 Å². The molecule has 2 heterocycles. The van der Waals surface area contributed by atoms with Crippen LogP contribution in [0, 0.1) is 6.92 Å². The summed E-state index contributed by atoms with van der Waals surface area (Å²) in [5.41, 5.74) is 4.71. The molecule has 1 atom stereocenters. The number of aromatic nitrogens is 1. The Morgan fingerprint density at radius 1 is 1.39 bits per heavy atom. The van der Waals surface area contributed by atoms with Crippen molar-refractivity contribution in [3.63, 3.8) is 0 Å². The van der Waals surface area contributed by atoms with E-state index in [9.17, 15) is 0 Å². The SMILES string of the molecule is CNC1C=CN=C(Cl)/C1=C/NCc1cnc(C2CCC2)c(C)c1. The number of aryl methyl sites for hydroxylation is 1. The molecule has 1 fully saturated rings. The van der Waals surface area contributed by atoms with Crippen LogP contribution < -0.4 is 10.6 Å². The molecule has 2 aliphatic rings. The highest BCUT2D eigenvalue weighted by Crippen LogP contribution is 2.36. The second kappa shape index (κ2) is 7.28.